The number of carbonyl (C=O) groups is 1. The molecule has 1 aromatic rings. The first-order chi connectivity index (χ1) is 8.74. The van der Waals surface area contributed by atoms with Crippen LogP contribution in [0.15, 0.2) is 11.4 Å². The van der Waals surface area contributed by atoms with Crippen LogP contribution in [0, 0.1) is 0 Å². The van der Waals surface area contributed by atoms with E-state index in [-0.39, 0.29) is 5.91 Å². The molecule has 1 atom stereocenters. The van der Waals surface area contributed by atoms with E-state index in [0.29, 0.717) is 16.7 Å². The molecule has 1 unspecified atom stereocenters. The highest BCUT2D eigenvalue weighted by Crippen LogP contribution is 2.27. The van der Waals surface area contributed by atoms with Gasteiger partial charge in [-0.15, -0.1) is 11.3 Å². The second-order valence-corrected chi connectivity index (χ2v) is 5.49. The van der Waals surface area contributed by atoms with Gasteiger partial charge in [0.15, 0.2) is 0 Å². The van der Waals surface area contributed by atoms with Gasteiger partial charge in [0.2, 0.25) is 0 Å². The molecule has 0 spiro atoms. The van der Waals surface area contributed by atoms with Crippen molar-refractivity contribution in [3.05, 3.63) is 16.3 Å². The second-order valence-electron chi connectivity index (χ2n) is 4.57. The Morgan fingerprint density at radius 2 is 2.33 bits per heavy atom. The van der Waals surface area contributed by atoms with Crippen LogP contribution >= 0.6 is 11.3 Å². The molecule has 18 heavy (non-hydrogen) atoms. The summed E-state index contributed by atoms with van der Waals surface area (Å²) in [5.74, 6) is 0.761. The van der Waals surface area contributed by atoms with Crippen LogP contribution in [-0.2, 0) is 0 Å². The lowest BCUT2D eigenvalue weighted by Gasteiger charge is -2.26. The zero-order valence-corrected chi connectivity index (χ0v) is 11.8. The molecule has 1 aromatic heterocycles. The van der Waals surface area contributed by atoms with Gasteiger partial charge in [0.1, 0.15) is 10.6 Å². The van der Waals surface area contributed by atoms with E-state index >= 15 is 0 Å². The minimum absolute atomic E-state index is 0.0775. The Bertz CT molecular complexity index is 397. The molecule has 1 saturated heterocycles. The Morgan fingerprint density at radius 1 is 1.50 bits per heavy atom. The molecule has 0 radical (unpaired) electrons. The Hall–Kier alpha value is -1.07. The third kappa shape index (κ3) is 2.84. The molecule has 2 heterocycles. The van der Waals surface area contributed by atoms with E-state index in [1.165, 1.54) is 11.3 Å². The Kier molecular flexibility index (Phi) is 4.60. The van der Waals surface area contributed by atoms with Crippen LogP contribution in [0.4, 0.5) is 0 Å². The molecule has 1 aliphatic heterocycles. The maximum atomic E-state index is 12.4. The number of methoxy groups -OCH3 is 1. The summed E-state index contributed by atoms with van der Waals surface area (Å²) in [6.45, 7) is 2.05. The van der Waals surface area contributed by atoms with E-state index < -0.39 is 0 Å². The molecular formula is C13H20N2O2S. The number of nitrogens with zero attached hydrogens (tertiary/aromatic N) is 1. The van der Waals surface area contributed by atoms with Gasteiger partial charge in [-0.05, 0) is 43.8 Å². The molecule has 1 amide bonds. The number of nitrogens with one attached hydrogen (secondary N) is 1. The van der Waals surface area contributed by atoms with Crippen LogP contribution in [0.1, 0.15) is 28.9 Å². The van der Waals surface area contributed by atoms with Crippen LogP contribution in [0.5, 0.6) is 5.75 Å². The predicted octanol–water partition coefficient (Wildman–Crippen LogP) is 1.97. The monoisotopic (exact) mass is 268 g/mol. The van der Waals surface area contributed by atoms with E-state index in [0.717, 1.165) is 32.4 Å². The van der Waals surface area contributed by atoms with Crippen LogP contribution in [0.2, 0.25) is 0 Å². The molecule has 0 saturated carbocycles. The average molecular weight is 268 g/mol. The zero-order chi connectivity index (χ0) is 13.0. The molecule has 5 heteroatoms. The number of hydrogen-bond acceptors (Lipinski definition) is 4. The van der Waals surface area contributed by atoms with Crippen LogP contribution in [-0.4, -0.2) is 44.1 Å². The lowest BCUT2D eigenvalue weighted by molar-refractivity contribution is 0.0722. The van der Waals surface area contributed by atoms with E-state index in [1.807, 2.05) is 23.4 Å². The smallest absolute Gasteiger partial charge is 0.267 e. The van der Waals surface area contributed by atoms with Crippen LogP contribution in [0.25, 0.3) is 0 Å². The molecule has 1 fully saturated rings. The molecule has 0 aliphatic carbocycles. The normalized spacial score (nSPS) is 20.2. The first-order valence-electron chi connectivity index (χ1n) is 6.33. The van der Waals surface area contributed by atoms with Gasteiger partial charge in [-0.1, -0.05) is 0 Å². The molecular weight excluding hydrogens is 248 g/mol. The highest BCUT2D eigenvalue weighted by atomic mass is 32.1. The first-order valence-corrected chi connectivity index (χ1v) is 7.21. The van der Waals surface area contributed by atoms with E-state index in [4.69, 9.17) is 4.74 Å². The standard InChI is InChI=1S/C13H20N2O2S/c1-15(10-4-3-7-14-8-5-10)13(16)12-11(17-2)6-9-18-12/h6,9-10,14H,3-5,7-8H2,1-2H3. The van der Waals surface area contributed by atoms with Crippen molar-refractivity contribution in [2.75, 3.05) is 27.2 Å². The van der Waals surface area contributed by atoms with Crippen LogP contribution in [0.3, 0.4) is 0 Å². The van der Waals surface area contributed by atoms with Crippen molar-refractivity contribution in [3.63, 3.8) is 0 Å². The zero-order valence-electron chi connectivity index (χ0n) is 10.9. The van der Waals surface area contributed by atoms with Crippen molar-refractivity contribution in [2.45, 2.75) is 25.3 Å². The number of ether oxygens (including phenoxy) is 1. The third-order valence-electron chi connectivity index (χ3n) is 3.46. The summed E-state index contributed by atoms with van der Waals surface area (Å²) < 4.78 is 5.22. The van der Waals surface area contributed by atoms with Gasteiger partial charge in [0.25, 0.3) is 5.91 Å². The van der Waals surface area contributed by atoms with Crippen molar-refractivity contribution < 1.29 is 9.53 Å². The van der Waals surface area contributed by atoms with Gasteiger partial charge in [-0.3, -0.25) is 4.79 Å². The quantitative estimate of drug-likeness (QED) is 0.911. The van der Waals surface area contributed by atoms with E-state index in [2.05, 4.69) is 5.32 Å². The number of thiophene rings is 1. The van der Waals surface area contributed by atoms with Crippen molar-refractivity contribution in [3.8, 4) is 5.75 Å². The summed E-state index contributed by atoms with van der Waals surface area (Å²) in [5, 5.41) is 5.27. The lowest BCUT2D eigenvalue weighted by Crippen LogP contribution is -2.37. The Balaban J connectivity index is 2.07. The molecule has 2 rings (SSSR count). The number of amides is 1. The summed E-state index contributed by atoms with van der Waals surface area (Å²) >= 11 is 1.45. The maximum absolute atomic E-state index is 12.4. The van der Waals surface area contributed by atoms with Gasteiger partial charge in [-0.2, -0.15) is 0 Å². The Labute approximate surface area is 112 Å². The molecule has 4 nitrogen and oxygen atoms in total. The maximum Gasteiger partial charge on any atom is 0.267 e. The fourth-order valence-corrected chi connectivity index (χ4v) is 3.17. The number of rotatable bonds is 3. The molecule has 0 aromatic carbocycles. The minimum atomic E-state index is 0.0775. The fourth-order valence-electron chi connectivity index (χ4n) is 2.33. The van der Waals surface area contributed by atoms with Gasteiger partial charge < -0.3 is 15.0 Å². The third-order valence-corrected chi connectivity index (χ3v) is 4.34. The number of hydrogen-bond donors (Lipinski definition) is 1. The average Bonchev–Trinajstić information content (AvgIpc) is 2.70. The molecule has 1 N–H and O–H groups in total. The Morgan fingerprint density at radius 3 is 3.11 bits per heavy atom. The minimum Gasteiger partial charge on any atom is -0.495 e. The summed E-state index contributed by atoms with van der Waals surface area (Å²) in [6.07, 6.45) is 3.22. The van der Waals surface area contributed by atoms with Crippen molar-refractivity contribution in [1.82, 2.24) is 10.2 Å². The highest BCUT2D eigenvalue weighted by molar-refractivity contribution is 7.12. The predicted molar refractivity (Wildman–Crippen MR) is 73.5 cm³/mol. The van der Waals surface area contributed by atoms with Gasteiger partial charge in [0, 0.05) is 13.1 Å². The van der Waals surface area contributed by atoms with Crippen molar-refractivity contribution >= 4 is 17.2 Å². The fraction of sp³-hybridized carbons (Fsp3) is 0.615. The lowest BCUT2D eigenvalue weighted by atomic mass is 10.1. The van der Waals surface area contributed by atoms with Crippen LogP contribution < -0.4 is 10.1 Å². The van der Waals surface area contributed by atoms with E-state index in [9.17, 15) is 4.79 Å². The van der Waals surface area contributed by atoms with E-state index in [1.54, 1.807) is 7.11 Å². The highest BCUT2D eigenvalue weighted by Gasteiger charge is 2.24. The largest absolute Gasteiger partial charge is 0.495 e. The van der Waals surface area contributed by atoms with Gasteiger partial charge in [0.05, 0.1) is 7.11 Å². The topological polar surface area (TPSA) is 41.6 Å². The first kappa shape index (κ1) is 13.4. The summed E-state index contributed by atoms with van der Waals surface area (Å²) in [7, 11) is 3.51. The SMILES string of the molecule is COc1ccsc1C(=O)N(C)C1CCCNCC1. The molecule has 100 valence electrons. The van der Waals surface area contributed by atoms with Gasteiger partial charge in [-0.25, -0.2) is 0 Å². The van der Waals surface area contributed by atoms with Gasteiger partial charge >= 0.3 is 0 Å². The number of carbonyl (C=O) groups excluding carboxylic acids is 1. The summed E-state index contributed by atoms with van der Waals surface area (Å²) in [6, 6.07) is 2.18. The van der Waals surface area contributed by atoms with Crippen molar-refractivity contribution in [2.24, 2.45) is 0 Å². The summed E-state index contributed by atoms with van der Waals surface area (Å²) in [5.41, 5.74) is 0. The van der Waals surface area contributed by atoms with Crippen molar-refractivity contribution in [1.29, 1.82) is 0 Å². The molecule has 1 aliphatic rings. The molecule has 0 bridgehead atoms. The second kappa shape index (κ2) is 6.20. The summed E-state index contributed by atoms with van der Waals surface area (Å²) in [4.78, 5) is 15.0.